The SMILES string of the molecule is CC(NC1CCCCCCCCCCC1)c1ccncc1. The van der Waals surface area contributed by atoms with Crippen molar-refractivity contribution in [2.75, 3.05) is 0 Å². The third kappa shape index (κ3) is 6.60. The van der Waals surface area contributed by atoms with Crippen molar-refractivity contribution in [2.24, 2.45) is 0 Å². The van der Waals surface area contributed by atoms with Crippen molar-refractivity contribution in [2.45, 2.75) is 89.6 Å². The first kappa shape index (κ1) is 16.5. The normalized spacial score (nSPS) is 21.2. The number of hydrogen-bond donors (Lipinski definition) is 1. The van der Waals surface area contributed by atoms with Gasteiger partial charge >= 0.3 is 0 Å². The molecule has 118 valence electrons. The van der Waals surface area contributed by atoms with Crippen LogP contribution in [0.3, 0.4) is 0 Å². The van der Waals surface area contributed by atoms with Gasteiger partial charge in [-0.2, -0.15) is 0 Å². The summed E-state index contributed by atoms with van der Waals surface area (Å²) in [4.78, 5) is 4.12. The van der Waals surface area contributed by atoms with Crippen LogP contribution in [-0.2, 0) is 0 Å². The van der Waals surface area contributed by atoms with Gasteiger partial charge in [0.1, 0.15) is 0 Å². The van der Waals surface area contributed by atoms with E-state index < -0.39 is 0 Å². The zero-order valence-corrected chi connectivity index (χ0v) is 13.7. The number of rotatable bonds is 3. The first-order chi connectivity index (χ1) is 10.4. The molecule has 21 heavy (non-hydrogen) atoms. The monoisotopic (exact) mass is 288 g/mol. The fraction of sp³-hybridized carbons (Fsp3) is 0.737. The predicted molar refractivity (Wildman–Crippen MR) is 90.4 cm³/mol. The lowest BCUT2D eigenvalue weighted by Gasteiger charge is -2.24. The van der Waals surface area contributed by atoms with Crippen LogP contribution in [-0.4, -0.2) is 11.0 Å². The first-order valence-electron chi connectivity index (χ1n) is 9.02. The molecule has 1 aliphatic carbocycles. The van der Waals surface area contributed by atoms with Gasteiger partial charge in [-0.15, -0.1) is 0 Å². The second kappa shape index (κ2) is 9.94. The fourth-order valence-electron chi connectivity index (χ4n) is 3.43. The molecule has 2 nitrogen and oxygen atoms in total. The lowest BCUT2D eigenvalue weighted by atomic mass is 9.97. The maximum absolute atomic E-state index is 4.12. The number of hydrogen-bond acceptors (Lipinski definition) is 2. The summed E-state index contributed by atoms with van der Waals surface area (Å²) in [7, 11) is 0. The Kier molecular flexibility index (Phi) is 7.80. The number of nitrogens with zero attached hydrogens (tertiary/aromatic N) is 1. The van der Waals surface area contributed by atoms with Crippen LogP contribution in [0.4, 0.5) is 0 Å². The smallest absolute Gasteiger partial charge is 0.0295 e. The van der Waals surface area contributed by atoms with E-state index in [0.29, 0.717) is 12.1 Å². The molecule has 1 unspecified atom stereocenters. The van der Waals surface area contributed by atoms with Gasteiger partial charge in [-0.3, -0.25) is 4.98 Å². The van der Waals surface area contributed by atoms with E-state index in [-0.39, 0.29) is 0 Å². The lowest BCUT2D eigenvalue weighted by molar-refractivity contribution is 0.375. The average Bonchev–Trinajstić information content (AvgIpc) is 2.51. The second-order valence-electron chi connectivity index (χ2n) is 6.63. The summed E-state index contributed by atoms with van der Waals surface area (Å²) in [6.45, 7) is 2.28. The average molecular weight is 288 g/mol. The number of nitrogens with one attached hydrogen (secondary N) is 1. The highest BCUT2D eigenvalue weighted by Crippen LogP contribution is 2.19. The summed E-state index contributed by atoms with van der Waals surface area (Å²) < 4.78 is 0. The van der Waals surface area contributed by atoms with E-state index in [4.69, 9.17) is 0 Å². The maximum atomic E-state index is 4.12. The zero-order chi connectivity index (χ0) is 14.8. The lowest BCUT2D eigenvalue weighted by Crippen LogP contribution is -2.31. The highest BCUT2D eigenvalue weighted by Gasteiger charge is 2.13. The van der Waals surface area contributed by atoms with Gasteiger partial charge in [0.25, 0.3) is 0 Å². The van der Waals surface area contributed by atoms with Crippen LogP contribution in [0, 0.1) is 0 Å². The summed E-state index contributed by atoms with van der Waals surface area (Å²) in [6.07, 6.45) is 19.3. The summed E-state index contributed by atoms with van der Waals surface area (Å²) in [5.41, 5.74) is 1.36. The third-order valence-electron chi connectivity index (χ3n) is 4.80. The van der Waals surface area contributed by atoms with Gasteiger partial charge in [0.15, 0.2) is 0 Å². The van der Waals surface area contributed by atoms with Crippen molar-refractivity contribution < 1.29 is 0 Å². The fourth-order valence-corrected chi connectivity index (χ4v) is 3.43. The quantitative estimate of drug-likeness (QED) is 0.805. The van der Waals surface area contributed by atoms with Crippen molar-refractivity contribution in [1.29, 1.82) is 0 Å². The molecule has 0 aromatic carbocycles. The van der Waals surface area contributed by atoms with E-state index in [9.17, 15) is 0 Å². The molecule has 0 radical (unpaired) electrons. The molecule has 2 heteroatoms. The molecule has 2 rings (SSSR count). The Balaban J connectivity index is 1.82. The standard InChI is InChI=1S/C19H32N2/c1-17(18-13-15-20-16-14-18)21-19-11-9-7-5-3-2-4-6-8-10-12-19/h13-17,19,21H,2-12H2,1H3. The molecule has 0 bridgehead atoms. The van der Waals surface area contributed by atoms with Crippen LogP contribution in [0.1, 0.15) is 89.2 Å². The Morgan fingerprint density at radius 3 is 1.86 bits per heavy atom. The molecule has 0 amide bonds. The van der Waals surface area contributed by atoms with Gasteiger partial charge in [-0.1, -0.05) is 57.8 Å². The van der Waals surface area contributed by atoms with E-state index >= 15 is 0 Å². The first-order valence-corrected chi connectivity index (χ1v) is 9.02. The highest BCUT2D eigenvalue weighted by molar-refractivity contribution is 5.14. The van der Waals surface area contributed by atoms with Crippen LogP contribution in [0.25, 0.3) is 0 Å². The molecule has 1 aromatic rings. The Hall–Kier alpha value is -0.890. The molecule has 1 atom stereocenters. The van der Waals surface area contributed by atoms with Crippen molar-refractivity contribution in [3.8, 4) is 0 Å². The van der Waals surface area contributed by atoms with Crippen molar-refractivity contribution >= 4 is 0 Å². The van der Waals surface area contributed by atoms with Crippen LogP contribution < -0.4 is 5.32 Å². The highest BCUT2D eigenvalue weighted by atomic mass is 14.9. The zero-order valence-electron chi connectivity index (χ0n) is 13.7. The van der Waals surface area contributed by atoms with Crippen molar-refractivity contribution in [1.82, 2.24) is 10.3 Å². The van der Waals surface area contributed by atoms with Gasteiger partial charge in [0.05, 0.1) is 0 Å². The maximum Gasteiger partial charge on any atom is 0.0295 e. The van der Waals surface area contributed by atoms with Crippen LogP contribution >= 0.6 is 0 Å². The molecule has 1 aliphatic rings. The van der Waals surface area contributed by atoms with Crippen molar-refractivity contribution in [3.05, 3.63) is 30.1 Å². The Morgan fingerprint density at radius 2 is 1.33 bits per heavy atom. The van der Waals surface area contributed by atoms with Crippen LogP contribution in [0.2, 0.25) is 0 Å². The minimum atomic E-state index is 0.436. The number of aromatic nitrogens is 1. The van der Waals surface area contributed by atoms with Gasteiger partial charge < -0.3 is 5.32 Å². The summed E-state index contributed by atoms with van der Waals surface area (Å²) in [6, 6.07) is 5.39. The molecule has 1 fully saturated rings. The van der Waals surface area contributed by atoms with Gasteiger partial charge in [-0.05, 0) is 37.5 Å². The molecular weight excluding hydrogens is 256 g/mol. The Labute approximate surface area is 130 Å². The van der Waals surface area contributed by atoms with Crippen LogP contribution in [0.5, 0.6) is 0 Å². The molecule has 1 heterocycles. The molecule has 1 aromatic heterocycles. The minimum Gasteiger partial charge on any atom is -0.307 e. The van der Waals surface area contributed by atoms with Gasteiger partial charge in [-0.25, -0.2) is 0 Å². The molecule has 0 aliphatic heterocycles. The van der Waals surface area contributed by atoms with E-state index in [0.717, 1.165) is 0 Å². The van der Waals surface area contributed by atoms with Gasteiger partial charge in [0.2, 0.25) is 0 Å². The van der Waals surface area contributed by atoms with E-state index in [1.165, 1.54) is 76.2 Å². The van der Waals surface area contributed by atoms with E-state index in [2.05, 4.69) is 29.4 Å². The Bertz CT molecular complexity index is 351. The molecule has 0 spiro atoms. The van der Waals surface area contributed by atoms with E-state index in [1.54, 1.807) is 0 Å². The van der Waals surface area contributed by atoms with E-state index in [1.807, 2.05) is 12.4 Å². The summed E-state index contributed by atoms with van der Waals surface area (Å²) in [5.74, 6) is 0. The molecular formula is C19H32N2. The predicted octanol–water partition coefficient (Wildman–Crippen LogP) is 5.41. The Morgan fingerprint density at radius 1 is 0.857 bits per heavy atom. The molecule has 1 N–H and O–H groups in total. The minimum absolute atomic E-state index is 0.436. The topological polar surface area (TPSA) is 24.9 Å². The molecule has 1 saturated carbocycles. The van der Waals surface area contributed by atoms with Gasteiger partial charge in [0, 0.05) is 24.5 Å². The summed E-state index contributed by atoms with van der Waals surface area (Å²) in [5, 5.41) is 3.86. The van der Waals surface area contributed by atoms with Crippen LogP contribution in [0.15, 0.2) is 24.5 Å². The second-order valence-corrected chi connectivity index (χ2v) is 6.63. The largest absolute Gasteiger partial charge is 0.307 e. The summed E-state index contributed by atoms with van der Waals surface area (Å²) >= 11 is 0. The van der Waals surface area contributed by atoms with Crippen molar-refractivity contribution in [3.63, 3.8) is 0 Å². The number of pyridine rings is 1. The molecule has 0 saturated heterocycles. The third-order valence-corrected chi connectivity index (χ3v) is 4.80.